The van der Waals surface area contributed by atoms with Crippen molar-refractivity contribution in [2.24, 2.45) is 0 Å². The number of ether oxygens (including phenoxy) is 1. The van der Waals surface area contributed by atoms with Crippen LogP contribution in [0.3, 0.4) is 0 Å². The van der Waals surface area contributed by atoms with E-state index in [1.54, 1.807) is 19.4 Å². The molecular formula is C25H23N7O2. The lowest BCUT2D eigenvalue weighted by atomic mass is 9.99. The number of nitrogens with zero attached hydrogens (tertiary/aromatic N) is 6. The second-order valence-corrected chi connectivity index (χ2v) is 7.97. The second kappa shape index (κ2) is 8.43. The van der Waals surface area contributed by atoms with Crippen LogP contribution in [0.4, 0.5) is 5.95 Å². The van der Waals surface area contributed by atoms with Crippen LogP contribution in [0.1, 0.15) is 17.0 Å². The summed E-state index contributed by atoms with van der Waals surface area (Å²) in [6.07, 6.45) is 1.63. The van der Waals surface area contributed by atoms with E-state index in [2.05, 4.69) is 15.0 Å². The van der Waals surface area contributed by atoms with Gasteiger partial charge in [-0.15, -0.1) is 5.10 Å². The average Bonchev–Trinajstić information content (AvgIpc) is 3.15. The van der Waals surface area contributed by atoms with Crippen LogP contribution in [0.15, 0.2) is 65.6 Å². The SMILES string of the molecule is COc1ncccc1Cn1nc2c(-c3cc(C)nc(C)c3)c(-c3ccccc3)nc(N)n2c1=O. The smallest absolute Gasteiger partial charge is 0.353 e. The Morgan fingerprint density at radius 2 is 1.71 bits per heavy atom. The molecule has 0 saturated heterocycles. The molecular weight excluding hydrogens is 430 g/mol. The van der Waals surface area contributed by atoms with Gasteiger partial charge in [0.2, 0.25) is 11.8 Å². The summed E-state index contributed by atoms with van der Waals surface area (Å²) in [4.78, 5) is 26.8. The van der Waals surface area contributed by atoms with Crippen molar-refractivity contribution in [3.8, 4) is 28.3 Å². The summed E-state index contributed by atoms with van der Waals surface area (Å²) in [6, 6.07) is 17.3. The van der Waals surface area contributed by atoms with Crippen molar-refractivity contribution in [3.05, 3.63) is 88.2 Å². The molecule has 170 valence electrons. The Morgan fingerprint density at radius 3 is 2.41 bits per heavy atom. The monoisotopic (exact) mass is 453 g/mol. The third-order valence-corrected chi connectivity index (χ3v) is 5.54. The van der Waals surface area contributed by atoms with Gasteiger partial charge in [-0.05, 0) is 37.6 Å². The molecule has 0 aliphatic carbocycles. The van der Waals surface area contributed by atoms with Gasteiger partial charge in [0.1, 0.15) is 0 Å². The van der Waals surface area contributed by atoms with E-state index in [0.717, 1.165) is 28.1 Å². The van der Waals surface area contributed by atoms with Gasteiger partial charge < -0.3 is 10.5 Å². The van der Waals surface area contributed by atoms with Crippen LogP contribution in [0.25, 0.3) is 28.0 Å². The largest absolute Gasteiger partial charge is 0.481 e. The molecule has 0 radical (unpaired) electrons. The minimum Gasteiger partial charge on any atom is -0.481 e. The zero-order valence-corrected chi connectivity index (χ0v) is 19.1. The lowest BCUT2D eigenvalue weighted by Crippen LogP contribution is -2.24. The van der Waals surface area contributed by atoms with Crippen molar-refractivity contribution < 1.29 is 4.74 Å². The van der Waals surface area contributed by atoms with Crippen LogP contribution in [0, 0.1) is 13.8 Å². The highest BCUT2D eigenvalue weighted by molar-refractivity contribution is 5.90. The van der Waals surface area contributed by atoms with E-state index in [-0.39, 0.29) is 12.5 Å². The van der Waals surface area contributed by atoms with Crippen LogP contribution in [0.2, 0.25) is 0 Å². The summed E-state index contributed by atoms with van der Waals surface area (Å²) in [7, 11) is 1.54. The molecule has 0 aliphatic rings. The van der Waals surface area contributed by atoms with Gasteiger partial charge in [-0.25, -0.2) is 23.8 Å². The Balaban J connectivity index is 1.82. The molecule has 0 fully saturated rings. The first-order valence-corrected chi connectivity index (χ1v) is 10.7. The first kappa shape index (κ1) is 21.3. The molecule has 0 atom stereocenters. The molecule has 0 aliphatic heterocycles. The molecule has 0 amide bonds. The quantitative estimate of drug-likeness (QED) is 0.434. The van der Waals surface area contributed by atoms with E-state index >= 15 is 0 Å². The van der Waals surface area contributed by atoms with Crippen molar-refractivity contribution in [2.45, 2.75) is 20.4 Å². The Kier molecular flexibility index (Phi) is 5.29. The number of methoxy groups -OCH3 is 1. The standard InChI is InChI=1S/C25H23N7O2/c1-15-12-19(13-16(2)28-15)20-21(17-8-5-4-6-9-17)29-24(26)32-22(20)30-31(25(32)33)14-18-10-7-11-27-23(18)34-3/h4-13H,14H2,1-3H3,(H2,26,29). The Bertz CT molecular complexity index is 1550. The third-order valence-electron chi connectivity index (χ3n) is 5.54. The van der Waals surface area contributed by atoms with E-state index in [9.17, 15) is 4.79 Å². The summed E-state index contributed by atoms with van der Waals surface area (Å²) >= 11 is 0. The third kappa shape index (κ3) is 3.66. The lowest BCUT2D eigenvalue weighted by molar-refractivity contribution is 0.390. The lowest BCUT2D eigenvalue weighted by Gasteiger charge is -2.13. The van der Waals surface area contributed by atoms with Crippen molar-refractivity contribution in [3.63, 3.8) is 0 Å². The van der Waals surface area contributed by atoms with E-state index < -0.39 is 5.69 Å². The number of nitrogen functional groups attached to an aromatic ring is 1. The van der Waals surface area contributed by atoms with Crippen LogP contribution in [0.5, 0.6) is 5.88 Å². The highest BCUT2D eigenvalue weighted by Gasteiger charge is 2.22. The molecule has 5 rings (SSSR count). The van der Waals surface area contributed by atoms with Gasteiger partial charge in [-0.3, -0.25) is 4.98 Å². The number of hydrogen-bond acceptors (Lipinski definition) is 7. The molecule has 0 unspecified atom stereocenters. The van der Waals surface area contributed by atoms with E-state index in [1.165, 1.54) is 9.08 Å². The first-order valence-electron chi connectivity index (χ1n) is 10.7. The summed E-state index contributed by atoms with van der Waals surface area (Å²) in [5.41, 5.74) is 11.9. The zero-order valence-electron chi connectivity index (χ0n) is 19.1. The van der Waals surface area contributed by atoms with E-state index in [4.69, 9.17) is 15.6 Å². The molecule has 0 bridgehead atoms. The molecule has 0 spiro atoms. The Labute approximate surface area is 195 Å². The zero-order chi connectivity index (χ0) is 23.8. The fourth-order valence-corrected chi connectivity index (χ4v) is 4.14. The van der Waals surface area contributed by atoms with Gasteiger partial charge in [-0.1, -0.05) is 36.4 Å². The first-order chi connectivity index (χ1) is 16.5. The molecule has 1 aromatic carbocycles. The van der Waals surface area contributed by atoms with Gasteiger partial charge in [-0.2, -0.15) is 0 Å². The number of fused-ring (bicyclic) bond motifs is 1. The van der Waals surface area contributed by atoms with Crippen molar-refractivity contribution in [2.75, 3.05) is 12.8 Å². The maximum atomic E-state index is 13.4. The van der Waals surface area contributed by atoms with Gasteiger partial charge in [0, 0.05) is 28.7 Å². The van der Waals surface area contributed by atoms with Gasteiger partial charge in [0.05, 0.1) is 24.9 Å². The molecule has 9 heteroatoms. The molecule has 34 heavy (non-hydrogen) atoms. The molecule has 0 saturated carbocycles. The van der Waals surface area contributed by atoms with Crippen molar-refractivity contribution in [1.29, 1.82) is 0 Å². The summed E-state index contributed by atoms with van der Waals surface area (Å²) in [5.74, 6) is 0.498. The minimum absolute atomic E-state index is 0.0644. The number of nitrogens with two attached hydrogens (primary N) is 1. The van der Waals surface area contributed by atoms with Gasteiger partial charge in [0.15, 0.2) is 5.65 Å². The number of aromatic nitrogens is 6. The average molecular weight is 454 g/mol. The molecule has 4 heterocycles. The van der Waals surface area contributed by atoms with Crippen molar-refractivity contribution >= 4 is 11.6 Å². The highest BCUT2D eigenvalue weighted by Crippen LogP contribution is 2.34. The van der Waals surface area contributed by atoms with Crippen molar-refractivity contribution in [1.82, 2.24) is 29.1 Å². The predicted octanol–water partition coefficient (Wildman–Crippen LogP) is 3.27. The fourth-order valence-electron chi connectivity index (χ4n) is 4.14. The molecule has 4 aromatic heterocycles. The van der Waals surface area contributed by atoms with E-state index in [1.807, 2.05) is 62.4 Å². The van der Waals surface area contributed by atoms with Crippen LogP contribution in [-0.2, 0) is 6.54 Å². The summed E-state index contributed by atoms with van der Waals surface area (Å²) in [6.45, 7) is 4.03. The second-order valence-electron chi connectivity index (χ2n) is 7.97. The fraction of sp³-hybridized carbons (Fsp3) is 0.160. The van der Waals surface area contributed by atoms with E-state index in [0.29, 0.717) is 22.8 Å². The summed E-state index contributed by atoms with van der Waals surface area (Å²) in [5, 5.41) is 4.71. The summed E-state index contributed by atoms with van der Waals surface area (Å²) < 4.78 is 8.04. The minimum atomic E-state index is -0.394. The normalized spacial score (nSPS) is 11.1. The Morgan fingerprint density at radius 1 is 0.971 bits per heavy atom. The molecule has 9 nitrogen and oxygen atoms in total. The maximum Gasteiger partial charge on any atom is 0.353 e. The predicted molar refractivity (Wildman–Crippen MR) is 130 cm³/mol. The number of rotatable bonds is 5. The number of pyridine rings is 2. The van der Waals surface area contributed by atoms with Crippen LogP contribution in [-0.4, -0.2) is 36.2 Å². The number of aryl methyl sites for hydroxylation is 2. The maximum absolute atomic E-state index is 13.4. The number of hydrogen-bond donors (Lipinski definition) is 1. The topological polar surface area (TPSA) is 113 Å². The van der Waals surface area contributed by atoms with Gasteiger partial charge >= 0.3 is 5.69 Å². The molecule has 5 aromatic rings. The number of benzene rings is 1. The molecule has 2 N–H and O–H groups in total. The Hall–Kier alpha value is -4.53. The number of anilines is 1. The van der Waals surface area contributed by atoms with Crippen LogP contribution >= 0.6 is 0 Å². The van der Waals surface area contributed by atoms with Gasteiger partial charge in [0.25, 0.3) is 0 Å². The highest BCUT2D eigenvalue weighted by atomic mass is 16.5. The van der Waals surface area contributed by atoms with Crippen LogP contribution < -0.4 is 16.2 Å².